The lowest BCUT2D eigenvalue weighted by Crippen LogP contribution is -2.43. The van der Waals surface area contributed by atoms with Crippen molar-refractivity contribution < 1.29 is 9.53 Å². The van der Waals surface area contributed by atoms with Gasteiger partial charge in [-0.15, -0.1) is 0 Å². The summed E-state index contributed by atoms with van der Waals surface area (Å²) < 4.78 is 7.43. The average Bonchev–Trinajstić information content (AvgIpc) is 3.36. The summed E-state index contributed by atoms with van der Waals surface area (Å²) in [6, 6.07) is 0.0992. The number of hydrogen-bond acceptors (Lipinski definition) is 7. The van der Waals surface area contributed by atoms with Gasteiger partial charge in [-0.2, -0.15) is 9.97 Å². The number of H-pyrrole nitrogens is 1. The van der Waals surface area contributed by atoms with Crippen LogP contribution in [0.3, 0.4) is 0 Å². The molecule has 0 aliphatic carbocycles. The molecule has 5 heterocycles. The standard InChI is InChI=1S/C19H20N8O2/c1-26-10-12(3-4-14(26)28)23-18-24-16-15(17(25-18)29-2)13(8-21-16)11-7-22-19-20-5-6-27(19)9-11/h5-9,12H,3-4,10H2,1-2H3,(H2,21,23,24,25). The van der Waals surface area contributed by atoms with Gasteiger partial charge < -0.3 is 19.9 Å². The van der Waals surface area contributed by atoms with E-state index in [1.165, 1.54) is 0 Å². The Balaban J connectivity index is 1.51. The number of rotatable bonds is 4. The van der Waals surface area contributed by atoms with E-state index in [9.17, 15) is 4.79 Å². The number of piperidine rings is 1. The second kappa shape index (κ2) is 6.73. The number of aromatic nitrogens is 6. The molecule has 0 bridgehead atoms. The van der Waals surface area contributed by atoms with E-state index in [1.54, 1.807) is 24.4 Å². The van der Waals surface area contributed by atoms with Crippen LogP contribution >= 0.6 is 0 Å². The molecule has 4 aromatic rings. The first-order valence-electron chi connectivity index (χ1n) is 9.35. The van der Waals surface area contributed by atoms with Crippen LogP contribution < -0.4 is 10.1 Å². The molecule has 1 fully saturated rings. The van der Waals surface area contributed by atoms with Crippen molar-refractivity contribution in [2.75, 3.05) is 26.0 Å². The molecule has 1 saturated heterocycles. The summed E-state index contributed by atoms with van der Waals surface area (Å²) in [7, 11) is 3.40. The highest BCUT2D eigenvalue weighted by Crippen LogP contribution is 2.34. The highest BCUT2D eigenvalue weighted by atomic mass is 16.5. The number of methoxy groups -OCH3 is 1. The Hall–Kier alpha value is -3.69. The molecule has 0 spiro atoms. The maximum Gasteiger partial charge on any atom is 0.233 e. The van der Waals surface area contributed by atoms with Gasteiger partial charge in [-0.05, 0) is 6.42 Å². The summed E-state index contributed by atoms with van der Waals surface area (Å²) >= 11 is 0. The third-order valence-corrected chi connectivity index (χ3v) is 5.21. The van der Waals surface area contributed by atoms with Crippen LogP contribution in [0.5, 0.6) is 5.88 Å². The number of imidazole rings is 1. The van der Waals surface area contributed by atoms with E-state index in [1.807, 2.05) is 30.0 Å². The van der Waals surface area contributed by atoms with Crippen LogP contribution in [0.2, 0.25) is 0 Å². The minimum Gasteiger partial charge on any atom is -0.480 e. The Morgan fingerprint density at radius 3 is 3.03 bits per heavy atom. The van der Waals surface area contributed by atoms with E-state index in [-0.39, 0.29) is 11.9 Å². The summed E-state index contributed by atoms with van der Waals surface area (Å²) in [6.45, 7) is 0.620. The van der Waals surface area contributed by atoms with Gasteiger partial charge >= 0.3 is 0 Å². The molecule has 4 aromatic heterocycles. The minimum absolute atomic E-state index is 0.0992. The fourth-order valence-electron chi connectivity index (χ4n) is 3.71. The Bertz CT molecular complexity index is 1210. The van der Waals surface area contributed by atoms with Crippen LogP contribution in [0.4, 0.5) is 5.95 Å². The Labute approximate surface area is 166 Å². The lowest BCUT2D eigenvalue weighted by molar-refractivity contribution is -0.132. The van der Waals surface area contributed by atoms with Gasteiger partial charge in [0.25, 0.3) is 0 Å². The molecule has 5 rings (SSSR count). The number of nitrogens with one attached hydrogen (secondary N) is 2. The summed E-state index contributed by atoms with van der Waals surface area (Å²) in [5, 5.41) is 4.11. The van der Waals surface area contributed by atoms with E-state index >= 15 is 0 Å². The minimum atomic E-state index is 0.0992. The van der Waals surface area contributed by atoms with Crippen LogP contribution in [-0.2, 0) is 4.79 Å². The van der Waals surface area contributed by atoms with Crippen LogP contribution in [-0.4, -0.2) is 66.9 Å². The van der Waals surface area contributed by atoms with Crippen molar-refractivity contribution in [2.45, 2.75) is 18.9 Å². The molecule has 1 atom stereocenters. The van der Waals surface area contributed by atoms with Crippen molar-refractivity contribution in [2.24, 2.45) is 0 Å². The molecule has 1 aliphatic heterocycles. The lowest BCUT2D eigenvalue weighted by atomic mass is 10.1. The van der Waals surface area contributed by atoms with E-state index < -0.39 is 0 Å². The zero-order chi connectivity index (χ0) is 20.0. The van der Waals surface area contributed by atoms with Crippen LogP contribution in [0.15, 0.2) is 31.0 Å². The van der Waals surface area contributed by atoms with Crippen molar-refractivity contribution in [1.29, 1.82) is 0 Å². The number of ether oxygens (including phenoxy) is 1. The second-order valence-electron chi connectivity index (χ2n) is 7.11. The quantitative estimate of drug-likeness (QED) is 0.543. The van der Waals surface area contributed by atoms with Crippen molar-refractivity contribution in [3.63, 3.8) is 0 Å². The molecule has 0 radical (unpaired) electrons. The monoisotopic (exact) mass is 392 g/mol. The Kier molecular flexibility index (Phi) is 4.04. The number of amides is 1. The van der Waals surface area contributed by atoms with Gasteiger partial charge in [-0.25, -0.2) is 9.97 Å². The van der Waals surface area contributed by atoms with E-state index in [0.29, 0.717) is 36.2 Å². The number of nitrogens with zero attached hydrogens (tertiary/aromatic N) is 6. The number of fused-ring (bicyclic) bond motifs is 2. The molecule has 1 aliphatic rings. The second-order valence-corrected chi connectivity index (χ2v) is 7.11. The molecule has 1 amide bonds. The van der Waals surface area contributed by atoms with Gasteiger partial charge in [-0.3, -0.25) is 9.20 Å². The number of likely N-dealkylation sites (tertiary alicyclic amines) is 1. The number of anilines is 1. The van der Waals surface area contributed by atoms with Crippen molar-refractivity contribution in [3.8, 4) is 17.0 Å². The zero-order valence-electron chi connectivity index (χ0n) is 16.1. The highest BCUT2D eigenvalue weighted by Gasteiger charge is 2.24. The molecule has 1 unspecified atom stereocenters. The van der Waals surface area contributed by atoms with Crippen LogP contribution in [0.1, 0.15) is 12.8 Å². The summed E-state index contributed by atoms with van der Waals surface area (Å²) in [4.78, 5) is 34.4. The van der Waals surface area contributed by atoms with Gasteiger partial charge in [0, 0.05) is 68.2 Å². The third kappa shape index (κ3) is 3.02. The van der Waals surface area contributed by atoms with Crippen LogP contribution in [0.25, 0.3) is 27.9 Å². The number of carbonyl (C=O) groups excluding carboxylic acids is 1. The number of hydrogen-bond donors (Lipinski definition) is 2. The van der Waals surface area contributed by atoms with E-state index in [2.05, 4.69) is 30.2 Å². The van der Waals surface area contributed by atoms with E-state index in [0.717, 1.165) is 22.9 Å². The van der Waals surface area contributed by atoms with Crippen molar-refractivity contribution in [1.82, 2.24) is 34.2 Å². The lowest BCUT2D eigenvalue weighted by Gasteiger charge is -2.30. The first-order valence-corrected chi connectivity index (χ1v) is 9.35. The Morgan fingerprint density at radius 2 is 2.21 bits per heavy atom. The zero-order valence-corrected chi connectivity index (χ0v) is 16.1. The molecule has 10 heteroatoms. The molecule has 2 N–H and O–H groups in total. The maximum atomic E-state index is 11.7. The SMILES string of the molecule is COc1nc(NC2CCC(=O)N(C)C2)nc2[nH]cc(-c3cnc4nccn4c3)c12. The van der Waals surface area contributed by atoms with Gasteiger partial charge in [0.15, 0.2) is 0 Å². The third-order valence-electron chi connectivity index (χ3n) is 5.21. The number of likely N-dealkylation sites (N-methyl/N-ethyl adjacent to an activating group) is 1. The van der Waals surface area contributed by atoms with Gasteiger partial charge in [0.2, 0.25) is 23.5 Å². The molecular weight excluding hydrogens is 372 g/mol. The van der Waals surface area contributed by atoms with E-state index in [4.69, 9.17) is 4.74 Å². The smallest absolute Gasteiger partial charge is 0.233 e. The maximum absolute atomic E-state index is 11.7. The van der Waals surface area contributed by atoms with Gasteiger partial charge in [0.1, 0.15) is 5.65 Å². The van der Waals surface area contributed by atoms with Crippen LogP contribution in [0, 0.1) is 0 Å². The number of carbonyl (C=O) groups is 1. The fraction of sp³-hybridized carbons (Fsp3) is 0.316. The Morgan fingerprint density at radius 1 is 1.31 bits per heavy atom. The normalized spacial score (nSPS) is 17.2. The average molecular weight is 392 g/mol. The fourth-order valence-corrected chi connectivity index (χ4v) is 3.71. The summed E-state index contributed by atoms with van der Waals surface area (Å²) in [5.74, 6) is 1.74. The van der Waals surface area contributed by atoms with Crippen molar-refractivity contribution >= 4 is 28.7 Å². The molecule has 148 valence electrons. The summed E-state index contributed by atoms with van der Waals surface area (Å²) in [5.41, 5.74) is 2.46. The van der Waals surface area contributed by atoms with Gasteiger partial charge in [-0.1, -0.05) is 0 Å². The molecule has 29 heavy (non-hydrogen) atoms. The predicted molar refractivity (Wildman–Crippen MR) is 107 cm³/mol. The molecule has 0 saturated carbocycles. The first-order chi connectivity index (χ1) is 14.1. The number of aromatic amines is 1. The molecule has 10 nitrogen and oxygen atoms in total. The summed E-state index contributed by atoms with van der Waals surface area (Å²) in [6.07, 6.45) is 10.4. The molecule has 0 aromatic carbocycles. The van der Waals surface area contributed by atoms with Gasteiger partial charge in [0.05, 0.1) is 12.5 Å². The largest absolute Gasteiger partial charge is 0.480 e. The first kappa shape index (κ1) is 17.4. The highest BCUT2D eigenvalue weighted by molar-refractivity contribution is 5.97. The molecular formula is C19H20N8O2. The predicted octanol–water partition coefficient (Wildman–Crippen LogP) is 1.71. The topological polar surface area (TPSA) is 113 Å². The van der Waals surface area contributed by atoms with Crippen molar-refractivity contribution in [3.05, 3.63) is 31.0 Å².